The molecule has 0 aliphatic carbocycles. The van der Waals surface area contributed by atoms with Gasteiger partial charge in [-0.05, 0) is 161 Å². The van der Waals surface area contributed by atoms with E-state index in [1.807, 2.05) is 0 Å². The molecule has 0 heterocycles. The second kappa shape index (κ2) is 93.8. The van der Waals surface area contributed by atoms with E-state index in [1.165, 1.54) is 154 Å². The molecule has 0 aliphatic heterocycles. The summed E-state index contributed by atoms with van der Waals surface area (Å²) in [6.45, 7) is 2.44. The van der Waals surface area contributed by atoms with Gasteiger partial charge in [-0.15, -0.1) is 0 Å². The van der Waals surface area contributed by atoms with Crippen molar-refractivity contribution in [2.45, 2.75) is 411 Å². The van der Waals surface area contributed by atoms with Gasteiger partial charge >= 0.3 is 33.6 Å². The van der Waals surface area contributed by atoms with Crippen LogP contribution in [-0.2, 0) is 55.8 Å². The largest absolute Gasteiger partial charge is 0.472 e. The van der Waals surface area contributed by atoms with Gasteiger partial charge in [0.05, 0.1) is 26.4 Å². The minimum Gasteiger partial charge on any atom is -0.463 e. The molecular formula is C103H174O16P2. The van der Waals surface area contributed by atoms with Gasteiger partial charge in [0.15, 0.2) is 6.10 Å². The quantitative estimate of drug-likeness (QED) is 0.0146. The third-order valence-electron chi connectivity index (χ3n) is 20.1. The molecule has 0 fully saturated rings. The maximum absolute atomic E-state index is 13.1. The molecule has 0 rings (SSSR count). The number of phosphoric ester groups is 2. The summed E-state index contributed by atoms with van der Waals surface area (Å²) in [4.78, 5) is 59.1. The molecule has 0 bridgehead atoms. The molecule has 0 saturated carbocycles. The minimum absolute atomic E-state index is 0.0779. The van der Waals surface area contributed by atoms with E-state index < -0.39 is 91.5 Å². The van der Waals surface area contributed by atoms with Crippen LogP contribution < -0.4 is 0 Å². The molecule has 18 heteroatoms. The van der Waals surface area contributed by atoms with Crippen LogP contribution in [0.1, 0.15) is 393 Å². The molecule has 4 N–H and O–H groups in total. The number of aliphatic hydroxyl groups is 2. The highest BCUT2D eigenvalue weighted by Crippen LogP contribution is 2.45. The van der Waals surface area contributed by atoms with Crippen molar-refractivity contribution in [3.63, 3.8) is 0 Å². The molecule has 0 aromatic rings. The van der Waals surface area contributed by atoms with Crippen LogP contribution in [0.25, 0.3) is 0 Å². The Balaban J connectivity index is 4.56. The van der Waals surface area contributed by atoms with Gasteiger partial charge in [-0.2, -0.15) is 0 Å². The van der Waals surface area contributed by atoms with Crippen LogP contribution in [0.5, 0.6) is 0 Å². The van der Waals surface area contributed by atoms with Gasteiger partial charge < -0.3 is 34.2 Å². The lowest BCUT2D eigenvalue weighted by molar-refractivity contribution is -0.161. The Labute approximate surface area is 738 Å². The fourth-order valence-electron chi connectivity index (χ4n) is 12.9. The molecule has 16 nitrogen and oxygen atoms in total. The Morgan fingerprint density at radius 2 is 0.438 bits per heavy atom. The first-order valence-electron chi connectivity index (χ1n) is 48.1. The smallest absolute Gasteiger partial charge is 0.463 e. The van der Waals surface area contributed by atoms with Crippen molar-refractivity contribution in [3.8, 4) is 0 Å². The highest BCUT2D eigenvalue weighted by atomic mass is 31.2. The zero-order chi connectivity index (χ0) is 87.9. The topological polar surface area (TPSA) is 231 Å². The second-order valence-corrected chi connectivity index (χ2v) is 34.7. The first-order valence-corrected chi connectivity index (χ1v) is 51.1. The molecule has 0 amide bonds. The average Bonchev–Trinajstić information content (AvgIpc) is 0.913. The molecule has 0 aromatic carbocycles. The molecule has 0 aromatic heterocycles. The Morgan fingerprint density at radius 3 is 0.694 bits per heavy atom. The van der Waals surface area contributed by atoms with E-state index in [0.29, 0.717) is 19.3 Å². The number of rotatable bonds is 90. The molecule has 692 valence electrons. The number of carbonyl (C=O) groups is 3. The summed E-state index contributed by atoms with van der Waals surface area (Å²) >= 11 is 0. The number of allylic oxidation sites excluding steroid dienone is 30. The Morgan fingerprint density at radius 1 is 0.240 bits per heavy atom. The SMILES string of the molecule is CC/C=C\C/C=C\C/C=C\C/C=C\C/C=C\C/C=C\CCCCCCCCCCCCC(=O)OCC(COP(=O)(O)OCC(O)COP(=O)(O)OCC(O)COC(=O)CCCCCCCCCCCCCCCCCCCCC/C=C\C/C=C\C/C=C\C/C=C\C/C=C\CC)OC(=O)CCCCCCC/C=C\C/C=C\C/C=C\C/C=C\CCCCC. The predicted octanol–water partition coefficient (Wildman–Crippen LogP) is 30.0. The number of phosphoric acid groups is 2. The van der Waals surface area contributed by atoms with Gasteiger partial charge in [0, 0.05) is 19.3 Å². The number of carbonyl (C=O) groups excluding carboxylic acids is 3. The standard InChI is InChI=1S/C103H174O16P2/c1-4-7-10-13-16-19-22-25-28-31-34-37-39-41-43-45-46-47-48-49-50-52-54-55-57-60-62-65-68-71-74-77-80-83-86-89-101(106)113-92-98(104)93-115-120(109,110)116-94-99(105)95-117-121(111,112)118-97-100(119-103(108)91-88-85-82-79-76-73-70-67-64-59-36-33-30-27-24-21-18-15-12-9-6-3)96-114-102(107)90-87-84-81-78-75-72-69-66-63-61-58-56-53-51-44-42-40-38-35-32-29-26-23-20-17-14-11-8-5-2/h7-8,10-11,16-21,25-30,34-38,41-44,53,56,59,67,70,98-100,104-105H,4-6,9,12-15,22-24,31-33,39-40,45-52,54-55,57-58,60-66,68-69,71-97H2,1-3H3,(H,109,110)(H,111,112)/b10-7-,11-8-,19-16-,20-17-,21-18-,28-25-,29-26-,30-27-,37-34-,38-35-,43-41-,44-42-,56-53-,59-36-,70-67-. The van der Waals surface area contributed by atoms with Gasteiger partial charge in [0.25, 0.3) is 0 Å². The monoisotopic (exact) mass is 1730 g/mol. The molecule has 0 radical (unpaired) electrons. The number of ether oxygens (including phenoxy) is 3. The Kier molecular flexibility index (Phi) is 89.6. The van der Waals surface area contributed by atoms with Crippen LogP contribution in [-0.4, -0.2) is 95.9 Å². The van der Waals surface area contributed by atoms with E-state index in [2.05, 4.69) is 203 Å². The van der Waals surface area contributed by atoms with Crippen LogP contribution in [0.15, 0.2) is 182 Å². The summed E-state index contributed by atoms with van der Waals surface area (Å²) < 4.78 is 61.5. The van der Waals surface area contributed by atoms with Crippen molar-refractivity contribution in [1.82, 2.24) is 0 Å². The number of hydrogen-bond donors (Lipinski definition) is 4. The summed E-state index contributed by atoms with van der Waals surface area (Å²) in [5.41, 5.74) is 0. The summed E-state index contributed by atoms with van der Waals surface area (Å²) in [6.07, 6.45) is 124. The number of unbranched alkanes of at least 4 members (excludes halogenated alkanes) is 37. The van der Waals surface area contributed by atoms with E-state index in [0.717, 1.165) is 180 Å². The summed E-state index contributed by atoms with van der Waals surface area (Å²) in [6, 6.07) is 0. The van der Waals surface area contributed by atoms with Gasteiger partial charge in [-0.25, -0.2) is 9.13 Å². The molecule has 0 aliphatic rings. The molecule has 5 atom stereocenters. The normalized spacial score (nSPS) is 14.5. The van der Waals surface area contributed by atoms with Crippen molar-refractivity contribution in [2.75, 3.05) is 39.6 Å². The summed E-state index contributed by atoms with van der Waals surface area (Å²) in [7, 11) is -9.82. The van der Waals surface area contributed by atoms with Crippen LogP contribution in [0, 0.1) is 0 Å². The Hall–Kier alpha value is -5.35. The van der Waals surface area contributed by atoms with Crippen LogP contribution in [0.2, 0.25) is 0 Å². The van der Waals surface area contributed by atoms with Gasteiger partial charge in [-0.3, -0.25) is 32.5 Å². The lowest BCUT2D eigenvalue weighted by atomic mass is 10.0. The molecule has 0 spiro atoms. The fourth-order valence-corrected chi connectivity index (χ4v) is 14.5. The molecule has 5 unspecified atom stereocenters. The highest BCUT2D eigenvalue weighted by molar-refractivity contribution is 7.47. The summed E-state index contributed by atoms with van der Waals surface area (Å²) in [5.74, 6) is -1.59. The van der Waals surface area contributed by atoms with Gasteiger partial charge in [0.1, 0.15) is 25.4 Å². The Bertz CT molecular complexity index is 2930. The first-order chi connectivity index (χ1) is 59.2. The lowest BCUT2D eigenvalue weighted by Crippen LogP contribution is -2.30. The summed E-state index contributed by atoms with van der Waals surface area (Å²) in [5, 5.41) is 20.8. The second-order valence-electron chi connectivity index (χ2n) is 31.8. The lowest BCUT2D eigenvalue weighted by Gasteiger charge is -2.21. The van der Waals surface area contributed by atoms with Crippen LogP contribution in [0.3, 0.4) is 0 Å². The maximum atomic E-state index is 13.1. The zero-order valence-electron chi connectivity index (χ0n) is 76.4. The van der Waals surface area contributed by atoms with Crippen molar-refractivity contribution in [2.24, 2.45) is 0 Å². The highest BCUT2D eigenvalue weighted by Gasteiger charge is 2.30. The van der Waals surface area contributed by atoms with E-state index in [1.54, 1.807) is 0 Å². The van der Waals surface area contributed by atoms with E-state index in [4.69, 9.17) is 32.3 Å². The predicted molar refractivity (Wildman–Crippen MR) is 509 cm³/mol. The maximum Gasteiger partial charge on any atom is 0.472 e. The number of hydrogen-bond acceptors (Lipinski definition) is 14. The first kappa shape index (κ1) is 116. The van der Waals surface area contributed by atoms with Crippen molar-refractivity contribution in [3.05, 3.63) is 182 Å². The van der Waals surface area contributed by atoms with Gasteiger partial charge in [0.2, 0.25) is 0 Å². The third-order valence-corrected chi connectivity index (χ3v) is 22.0. The number of aliphatic hydroxyl groups excluding tert-OH is 2. The van der Waals surface area contributed by atoms with E-state index in [9.17, 15) is 43.5 Å². The molecular weight excluding hydrogens is 1560 g/mol. The molecule has 121 heavy (non-hydrogen) atoms. The van der Waals surface area contributed by atoms with Crippen LogP contribution in [0.4, 0.5) is 0 Å². The van der Waals surface area contributed by atoms with Gasteiger partial charge in [-0.1, -0.05) is 396 Å². The van der Waals surface area contributed by atoms with E-state index in [-0.39, 0.29) is 19.3 Å². The van der Waals surface area contributed by atoms with Crippen molar-refractivity contribution in [1.29, 1.82) is 0 Å². The van der Waals surface area contributed by atoms with Crippen molar-refractivity contribution >= 4 is 33.6 Å². The third kappa shape index (κ3) is 95.2. The fraction of sp³-hybridized carbons (Fsp3) is 0.680. The van der Waals surface area contributed by atoms with Crippen LogP contribution >= 0.6 is 15.6 Å². The zero-order valence-corrected chi connectivity index (χ0v) is 78.2. The minimum atomic E-state index is -4.95. The average molecular weight is 1730 g/mol. The van der Waals surface area contributed by atoms with E-state index >= 15 is 0 Å². The number of esters is 3. The van der Waals surface area contributed by atoms with Crippen molar-refractivity contribution < 1.29 is 75.8 Å². The molecule has 0 saturated heterocycles.